The number of carbonyl (C=O) groups is 1. The molecule has 2 fully saturated rings. The van der Waals surface area contributed by atoms with Crippen LogP contribution >= 0.6 is 0 Å². The Labute approximate surface area is 59.6 Å². The van der Waals surface area contributed by atoms with Gasteiger partial charge in [0.25, 0.3) is 0 Å². The average Bonchev–Trinajstić information content (AvgIpc) is 2.39. The van der Waals surface area contributed by atoms with Crippen molar-refractivity contribution in [3.8, 4) is 0 Å². The molecule has 0 aromatic rings. The minimum absolute atomic E-state index is 0.134. The molecule has 0 bridgehead atoms. The molecule has 56 valence electrons. The summed E-state index contributed by atoms with van der Waals surface area (Å²) in [6.07, 6.45) is 2.03. The molecule has 2 aliphatic rings. The van der Waals surface area contributed by atoms with Crippen LogP contribution < -0.4 is 0 Å². The minimum Gasteiger partial charge on any atom is -0.390 e. The Kier molecular flexibility index (Phi) is 1.20. The highest BCUT2D eigenvalue weighted by atomic mass is 16.3. The van der Waals surface area contributed by atoms with Gasteiger partial charge < -0.3 is 10.0 Å². The van der Waals surface area contributed by atoms with E-state index in [-0.39, 0.29) is 18.1 Å². The van der Waals surface area contributed by atoms with Crippen molar-refractivity contribution in [1.29, 1.82) is 0 Å². The van der Waals surface area contributed by atoms with E-state index >= 15 is 0 Å². The van der Waals surface area contributed by atoms with Crippen LogP contribution in [0.1, 0.15) is 19.3 Å². The lowest BCUT2D eigenvalue weighted by Gasteiger charge is -2.15. The van der Waals surface area contributed by atoms with Crippen molar-refractivity contribution < 1.29 is 9.90 Å². The van der Waals surface area contributed by atoms with Gasteiger partial charge in [-0.05, 0) is 12.8 Å². The second-order valence-corrected chi connectivity index (χ2v) is 3.07. The van der Waals surface area contributed by atoms with Crippen LogP contribution in [-0.2, 0) is 4.79 Å². The fourth-order valence-corrected chi connectivity index (χ4v) is 1.93. The van der Waals surface area contributed by atoms with Crippen LogP contribution in [-0.4, -0.2) is 34.6 Å². The molecule has 0 aromatic carbocycles. The first-order chi connectivity index (χ1) is 4.79. The van der Waals surface area contributed by atoms with Gasteiger partial charge >= 0.3 is 0 Å². The van der Waals surface area contributed by atoms with Crippen molar-refractivity contribution in [2.75, 3.05) is 6.54 Å². The Morgan fingerprint density at radius 3 is 3.10 bits per heavy atom. The van der Waals surface area contributed by atoms with Gasteiger partial charge in [-0.1, -0.05) is 0 Å². The molecule has 0 spiro atoms. The number of carbonyl (C=O) groups excluding carboxylic acids is 1. The highest BCUT2D eigenvalue weighted by molar-refractivity contribution is 5.80. The van der Waals surface area contributed by atoms with Gasteiger partial charge in [0, 0.05) is 6.54 Å². The van der Waals surface area contributed by atoms with E-state index in [4.69, 9.17) is 0 Å². The summed E-state index contributed by atoms with van der Waals surface area (Å²) in [6, 6.07) is 0.160. The van der Waals surface area contributed by atoms with Gasteiger partial charge in [0.15, 0.2) is 0 Å². The van der Waals surface area contributed by atoms with Crippen LogP contribution in [0.5, 0.6) is 0 Å². The first-order valence-electron chi connectivity index (χ1n) is 3.76. The molecular formula is C7H11NO2. The van der Waals surface area contributed by atoms with Gasteiger partial charge in [-0.2, -0.15) is 0 Å². The number of amides is 1. The van der Waals surface area contributed by atoms with Gasteiger partial charge in [-0.25, -0.2) is 0 Å². The lowest BCUT2D eigenvalue weighted by molar-refractivity contribution is -0.127. The summed E-state index contributed by atoms with van der Waals surface area (Å²) in [4.78, 5) is 12.8. The summed E-state index contributed by atoms with van der Waals surface area (Å²) in [5.41, 5.74) is 0. The highest BCUT2D eigenvalue weighted by Gasteiger charge is 2.41. The summed E-state index contributed by atoms with van der Waals surface area (Å²) in [6.45, 7) is 0.862. The SMILES string of the molecule is O=C1CC(O)[C@@H]2CCCN12. The maximum Gasteiger partial charge on any atom is 0.225 e. The molecule has 2 saturated heterocycles. The molecule has 1 unspecified atom stereocenters. The van der Waals surface area contributed by atoms with Crippen molar-refractivity contribution in [3.05, 3.63) is 0 Å². The van der Waals surface area contributed by atoms with Gasteiger partial charge in [0.2, 0.25) is 5.91 Å². The number of rotatable bonds is 0. The third-order valence-corrected chi connectivity index (χ3v) is 2.45. The topological polar surface area (TPSA) is 40.5 Å². The standard InChI is InChI=1S/C7H11NO2/c9-6-4-7(10)8-3-1-2-5(6)8/h5-6,9H,1-4H2/t5-,6?/m0/s1. The van der Waals surface area contributed by atoms with E-state index in [2.05, 4.69) is 0 Å². The van der Waals surface area contributed by atoms with Crippen LogP contribution in [0.15, 0.2) is 0 Å². The zero-order chi connectivity index (χ0) is 7.14. The van der Waals surface area contributed by atoms with E-state index in [0.29, 0.717) is 6.42 Å². The summed E-state index contributed by atoms with van der Waals surface area (Å²) in [5, 5.41) is 9.31. The Bertz CT molecular complexity index is 169. The lowest BCUT2D eigenvalue weighted by atomic mass is 10.1. The average molecular weight is 141 g/mol. The van der Waals surface area contributed by atoms with Gasteiger partial charge in [0.1, 0.15) is 0 Å². The van der Waals surface area contributed by atoms with Crippen LogP contribution in [0.25, 0.3) is 0 Å². The van der Waals surface area contributed by atoms with Crippen molar-refractivity contribution in [1.82, 2.24) is 4.90 Å². The Hall–Kier alpha value is -0.570. The molecule has 2 aliphatic heterocycles. The molecule has 0 aromatic heterocycles. The number of hydrogen-bond donors (Lipinski definition) is 1. The Morgan fingerprint density at radius 1 is 1.60 bits per heavy atom. The molecule has 2 heterocycles. The van der Waals surface area contributed by atoms with Crippen LogP contribution in [0.2, 0.25) is 0 Å². The lowest BCUT2D eigenvalue weighted by Crippen LogP contribution is -2.30. The molecule has 3 nitrogen and oxygen atoms in total. The van der Waals surface area contributed by atoms with Crippen LogP contribution in [0.4, 0.5) is 0 Å². The second-order valence-electron chi connectivity index (χ2n) is 3.07. The van der Waals surface area contributed by atoms with Crippen LogP contribution in [0.3, 0.4) is 0 Å². The molecule has 2 atom stereocenters. The van der Waals surface area contributed by atoms with Gasteiger partial charge in [-0.3, -0.25) is 4.79 Å². The number of fused-ring (bicyclic) bond motifs is 1. The summed E-state index contributed by atoms with van der Waals surface area (Å²) < 4.78 is 0. The number of nitrogens with zero attached hydrogens (tertiary/aromatic N) is 1. The first kappa shape index (κ1) is 6.16. The fraction of sp³-hybridized carbons (Fsp3) is 0.857. The smallest absolute Gasteiger partial charge is 0.225 e. The van der Waals surface area contributed by atoms with Crippen molar-refractivity contribution in [3.63, 3.8) is 0 Å². The largest absolute Gasteiger partial charge is 0.390 e. The Balaban J connectivity index is 2.19. The van der Waals surface area contributed by atoms with E-state index in [1.54, 1.807) is 0 Å². The molecule has 0 saturated carbocycles. The number of hydrogen-bond acceptors (Lipinski definition) is 2. The fourth-order valence-electron chi connectivity index (χ4n) is 1.93. The number of aliphatic hydroxyl groups is 1. The third kappa shape index (κ3) is 0.669. The third-order valence-electron chi connectivity index (χ3n) is 2.45. The van der Waals surface area contributed by atoms with E-state index in [0.717, 1.165) is 19.4 Å². The number of aliphatic hydroxyl groups excluding tert-OH is 1. The predicted molar refractivity (Wildman–Crippen MR) is 35.4 cm³/mol. The van der Waals surface area contributed by atoms with E-state index < -0.39 is 0 Å². The van der Waals surface area contributed by atoms with Crippen molar-refractivity contribution in [2.24, 2.45) is 0 Å². The van der Waals surface area contributed by atoms with Crippen molar-refractivity contribution >= 4 is 5.91 Å². The quantitative estimate of drug-likeness (QED) is 0.505. The van der Waals surface area contributed by atoms with E-state index in [9.17, 15) is 9.90 Å². The zero-order valence-electron chi connectivity index (χ0n) is 5.79. The zero-order valence-corrected chi connectivity index (χ0v) is 5.79. The maximum atomic E-state index is 11.0. The predicted octanol–water partition coefficient (Wildman–Crippen LogP) is -0.258. The molecule has 2 rings (SSSR count). The summed E-state index contributed by atoms with van der Waals surface area (Å²) in [7, 11) is 0. The maximum absolute atomic E-state index is 11.0. The minimum atomic E-state index is -0.380. The van der Waals surface area contributed by atoms with Crippen LogP contribution in [0, 0.1) is 0 Å². The Morgan fingerprint density at radius 2 is 2.40 bits per heavy atom. The molecule has 3 heteroatoms. The molecular weight excluding hydrogens is 130 g/mol. The van der Waals surface area contributed by atoms with Gasteiger partial charge in [0.05, 0.1) is 18.6 Å². The molecule has 1 N–H and O–H groups in total. The van der Waals surface area contributed by atoms with Crippen molar-refractivity contribution in [2.45, 2.75) is 31.4 Å². The molecule has 10 heavy (non-hydrogen) atoms. The normalized spacial score (nSPS) is 38.9. The summed E-state index contributed by atoms with van der Waals surface area (Å²) in [5.74, 6) is 0.134. The molecule has 0 radical (unpaired) electrons. The monoisotopic (exact) mass is 141 g/mol. The first-order valence-corrected chi connectivity index (χ1v) is 3.76. The van der Waals surface area contributed by atoms with E-state index in [1.165, 1.54) is 0 Å². The molecule has 1 amide bonds. The highest BCUT2D eigenvalue weighted by Crippen LogP contribution is 2.28. The van der Waals surface area contributed by atoms with E-state index in [1.807, 2.05) is 4.90 Å². The second kappa shape index (κ2) is 1.95. The van der Waals surface area contributed by atoms with Gasteiger partial charge in [-0.15, -0.1) is 0 Å². The molecule has 0 aliphatic carbocycles. The summed E-state index contributed by atoms with van der Waals surface area (Å²) >= 11 is 0.